The molecule has 0 amide bonds. The van der Waals surface area contributed by atoms with Crippen molar-refractivity contribution in [1.29, 1.82) is 0 Å². The highest BCUT2D eigenvalue weighted by Crippen LogP contribution is 2.26. The number of rotatable bonds is 5. The van der Waals surface area contributed by atoms with E-state index in [1.54, 1.807) is 7.11 Å². The molecule has 4 heteroatoms. The summed E-state index contributed by atoms with van der Waals surface area (Å²) in [7, 11) is 1.70. The van der Waals surface area contributed by atoms with E-state index in [4.69, 9.17) is 4.74 Å². The molecule has 1 aromatic heterocycles. The lowest BCUT2D eigenvalue weighted by Gasteiger charge is -2.18. The van der Waals surface area contributed by atoms with Crippen LogP contribution in [0, 0.1) is 6.92 Å². The Morgan fingerprint density at radius 3 is 2.68 bits per heavy atom. The highest BCUT2D eigenvalue weighted by atomic mass is 16.5. The molecule has 0 aliphatic carbocycles. The SMILES string of the molecule is COc1ccc(C)cc1C(C)NCc1cncnc1. The van der Waals surface area contributed by atoms with E-state index in [2.05, 4.69) is 41.3 Å². The Balaban J connectivity index is 2.07. The molecule has 1 atom stereocenters. The fourth-order valence-electron chi connectivity index (χ4n) is 1.99. The summed E-state index contributed by atoms with van der Waals surface area (Å²) in [4.78, 5) is 8.01. The van der Waals surface area contributed by atoms with Crippen molar-refractivity contribution < 1.29 is 4.74 Å². The minimum absolute atomic E-state index is 0.204. The third kappa shape index (κ3) is 3.51. The van der Waals surface area contributed by atoms with E-state index in [0.29, 0.717) is 0 Å². The molecular formula is C15H19N3O. The van der Waals surface area contributed by atoms with Crippen molar-refractivity contribution in [3.05, 3.63) is 53.6 Å². The van der Waals surface area contributed by atoms with Crippen molar-refractivity contribution in [2.24, 2.45) is 0 Å². The van der Waals surface area contributed by atoms with Crippen LogP contribution in [0.3, 0.4) is 0 Å². The summed E-state index contributed by atoms with van der Waals surface area (Å²) >= 11 is 0. The average Bonchev–Trinajstić information content (AvgIpc) is 2.46. The van der Waals surface area contributed by atoms with Gasteiger partial charge in [0.05, 0.1) is 7.11 Å². The molecule has 2 rings (SSSR count). The Hall–Kier alpha value is -1.94. The molecule has 0 aliphatic rings. The first-order valence-electron chi connectivity index (χ1n) is 6.32. The zero-order chi connectivity index (χ0) is 13.7. The largest absolute Gasteiger partial charge is 0.496 e. The van der Waals surface area contributed by atoms with Crippen LogP contribution in [0.5, 0.6) is 5.75 Å². The molecule has 0 saturated carbocycles. The van der Waals surface area contributed by atoms with Crippen LogP contribution in [0.15, 0.2) is 36.9 Å². The smallest absolute Gasteiger partial charge is 0.123 e. The van der Waals surface area contributed by atoms with E-state index in [-0.39, 0.29) is 6.04 Å². The van der Waals surface area contributed by atoms with Gasteiger partial charge >= 0.3 is 0 Å². The highest BCUT2D eigenvalue weighted by molar-refractivity contribution is 5.38. The van der Waals surface area contributed by atoms with Gasteiger partial charge in [-0.3, -0.25) is 0 Å². The van der Waals surface area contributed by atoms with Gasteiger partial charge in [-0.25, -0.2) is 9.97 Å². The predicted molar refractivity (Wildman–Crippen MR) is 75.0 cm³/mol. The molecule has 1 heterocycles. The second kappa shape index (κ2) is 6.29. The summed E-state index contributed by atoms with van der Waals surface area (Å²) in [6, 6.07) is 6.42. The van der Waals surface area contributed by atoms with Crippen LogP contribution < -0.4 is 10.1 Å². The van der Waals surface area contributed by atoms with Gasteiger partial charge in [-0.15, -0.1) is 0 Å². The summed E-state index contributed by atoms with van der Waals surface area (Å²) in [6.07, 6.45) is 5.18. The van der Waals surface area contributed by atoms with Crippen LogP contribution in [-0.4, -0.2) is 17.1 Å². The zero-order valence-electron chi connectivity index (χ0n) is 11.6. The molecule has 2 aromatic rings. The number of benzene rings is 1. The normalized spacial score (nSPS) is 12.2. The van der Waals surface area contributed by atoms with Gasteiger partial charge in [0.2, 0.25) is 0 Å². The third-order valence-electron chi connectivity index (χ3n) is 3.08. The third-order valence-corrected chi connectivity index (χ3v) is 3.08. The van der Waals surface area contributed by atoms with E-state index in [9.17, 15) is 0 Å². The number of nitrogens with zero attached hydrogens (tertiary/aromatic N) is 2. The van der Waals surface area contributed by atoms with Crippen LogP contribution in [-0.2, 0) is 6.54 Å². The number of methoxy groups -OCH3 is 1. The van der Waals surface area contributed by atoms with E-state index < -0.39 is 0 Å². The Morgan fingerprint density at radius 1 is 1.26 bits per heavy atom. The molecule has 0 radical (unpaired) electrons. The standard InChI is InChI=1S/C15H19N3O/c1-11-4-5-15(19-3)14(6-11)12(2)18-9-13-7-16-10-17-8-13/h4-8,10,12,18H,9H2,1-3H3. The molecule has 0 bridgehead atoms. The second-order valence-corrected chi connectivity index (χ2v) is 4.59. The van der Waals surface area contributed by atoms with Crippen molar-refractivity contribution in [1.82, 2.24) is 15.3 Å². The summed E-state index contributed by atoms with van der Waals surface area (Å²) in [6.45, 7) is 4.95. The number of ether oxygens (including phenoxy) is 1. The lowest BCUT2D eigenvalue weighted by Crippen LogP contribution is -2.19. The Kier molecular flexibility index (Phi) is 4.47. The maximum absolute atomic E-state index is 5.41. The van der Waals surface area contributed by atoms with Crippen LogP contribution in [0.2, 0.25) is 0 Å². The van der Waals surface area contributed by atoms with Crippen molar-refractivity contribution in [3.8, 4) is 5.75 Å². The van der Waals surface area contributed by atoms with Crippen molar-refractivity contribution in [3.63, 3.8) is 0 Å². The van der Waals surface area contributed by atoms with Gasteiger partial charge in [0, 0.05) is 36.1 Å². The molecule has 1 N–H and O–H groups in total. The molecule has 0 aliphatic heterocycles. The van der Waals surface area contributed by atoms with Crippen LogP contribution in [0.4, 0.5) is 0 Å². The first-order valence-corrected chi connectivity index (χ1v) is 6.32. The maximum atomic E-state index is 5.41. The first kappa shape index (κ1) is 13.5. The average molecular weight is 257 g/mol. The van der Waals surface area contributed by atoms with Crippen molar-refractivity contribution in [2.75, 3.05) is 7.11 Å². The summed E-state index contributed by atoms with van der Waals surface area (Å²) in [5.74, 6) is 0.912. The van der Waals surface area contributed by atoms with Crippen molar-refractivity contribution in [2.45, 2.75) is 26.4 Å². The number of hydrogen-bond donors (Lipinski definition) is 1. The molecule has 0 spiro atoms. The number of aryl methyl sites for hydroxylation is 1. The summed E-state index contributed by atoms with van der Waals surface area (Å²) in [5, 5.41) is 3.46. The molecule has 1 unspecified atom stereocenters. The molecular weight excluding hydrogens is 238 g/mol. The molecule has 4 nitrogen and oxygen atoms in total. The summed E-state index contributed by atoms with van der Waals surface area (Å²) < 4.78 is 5.41. The topological polar surface area (TPSA) is 47.0 Å². The quantitative estimate of drug-likeness (QED) is 0.894. The first-order chi connectivity index (χ1) is 9.20. The predicted octanol–water partition coefficient (Wildman–Crippen LogP) is 2.64. The zero-order valence-corrected chi connectivity index (χ0v) is 11.6. The number of nitrogens with one attached hydrogen (secondary N) is 1. The molecule has 100 valence electrons. The number of hydrogen-bond acceptors (Lipinski definition) is 4. The highest BCUT2D eigenvalue weighted by Gasteiger charge is 2.11. The lowest BCUT2D eigenvalue weighted by molar-refractivity contribution is 0.401. The Morgan fingerprint density at radius 2 is 2.00 bits per heavy atom. The summed E-state index contributed by atoms with van der Waals surface area (Å²) in [5.41, 5.74) is 3.47. The lowest BCUT2D eigenvalue weighted by atomic mass is 10.0. The van der Waals surface area contributed by atoms with E-state index in [1.807, 2.05) is 18.5 Å². The van der Waals surface area contributed by atoms with Gasteiger partial charge in [0.25, 0.3) is 0 Å². The maximum Gasteiger partial charge on any atom is 0.123 e. The van der Waals surface area contributed by atoms with Gasteiger partial charge in [-0.1, -0.05) is 17.7 Å². The van der Waals surface area contributed by atoms with Gasteiger partial charge < -0.3 is 10.1 Å². The van der Waals surface area contributed by atoms with E-state index in [0.717, 1.165) is 17.9 Å². The van der Waals surface area contributed by atoms with E-state index >= 15 is 0 Å². The van der Waals surface area contributed by atoms with Crippen LogP contribution >= 0.6 is 0 Å². The van der Waals surface area contributed by atoms with Gasteiger partial charge in [0.15, 0.2) is 0 Å². The molecule has 1 aromatic carbocycles. The number of aromatic nitrogens is 2. The molecule has 0 saturated heterocycles. The molecule has 19 heavy (non-hydrogen) atoms. The monoisotopic (exact) mass is 257 g/mol. The van der Waals surface area contributed by atoms with Gasteiger partial charge in [-0.05, 0) is 19.9 Å². The fraction of sp³-hybridized carbons (Fsp3) is 0.333. The Labute approximate surface area is 113 Å². The van der Waals surface area contributed by atoms with Crippen molar-refractivity contribution >= 4 is 0 Å². The van der Waals surface area contributed by atoms with E-state index in [1.165, 1.54) is 17.5 Å². The van der Waals surface area contributed by atoms with Crippen LogP contribution in [0.1, 0.15) is 29.7 Å². The minimum Gasteiger partial charge on any atom is -0.496 e. The molecule has 0 fully saturated rings. The fourth-order valence-corrected chi connectivity index (χ4v) is 1.99. The Bertz CT molecular complexity index is 528. The second-order valence-electron chi connectivity index (χ2n) is 4.59. The minimum atomic E-state index is 0.204. The van der Waals surface area contributed by atoms with Gasteiger partial charge in [0.1, 0.15) is 12.1 Å². The van der Waals surface area contributed by atoms with Gasteiger partial charge in [-0.2, -0.15) is 0 Å². The van der Waals surface area contributed by atoms with Crippen LogP contribution in [0.25, 0.3) is 0 Å².